The first-order valence-electron chi connectivity index (χ1n) is 2.85. The summed E-state index contributed by atoms with van der Waals surface area (Å²) in [4.78, 5) is 0. The van der Waals surface area contributed by atoms with Crippen LogP contribution in [0, 0.1) is 0 Å². The Hall–Kier alpha value is -0.0800. The summed E-state index contributed by atoms with van der Waals surface area (Å²) in [5.41, 5.74) is 2.60. The molecule has 0 aromatic heterocycles. The molecule has 44 valence electrons. The molecule has 0 aliphatic heterocycles. The van der Waals surface area contributed by atoms with Crippen LogP contribution < -0.4 is 11.3 Å². The van der Waals surface area contributed by atoms with Gasteiger partial charge in [0.25, 0.3) is 0 Å². The van der Waals surface area contributed by atoms with Gasteiger partial charge in [-0.05, 0) is 6.42 Å². The summed E-state index contributed by atoms with van der Waals surface area (Å²) in [6.07, 6.45) is 3.75. The maximum atomic E-state index is 5.02. The molecule has 0 atom stereocenters. The van der Waals surface area contributed by atoms with Crippen LogP contribution in [0.1, 0.15) is 26.2 Å². The van der Waals surface area contributed by atoms with Crippen LogP contribution >= 0.6 is 0 Å². The fourth-order valence-electron chi connectivity index (χ4n) is 0.477. The van der Waals surface area contributed by atoms with Crippen molar-refractivity contribution in [3.05, 3.63) is 0 Å². The van der Waals surface area contributed by atoms with Crippen molar-refractivity contribution in [3.8, 4) is 0 Å². The SMILES string of the molecule is CCCCCNN. The molecule has 0 aliphatic rings. The molecule has 0 amide bonds. The van der Waals surface area contributed by atoms with Crippen LogP contribution in [-0.2, 0) is 0 Å². The Kier molecular flexibility index (Phi) is 5.85. The van der Waals surface area contributed by atoms with Crippen LogP contribution in [0.4, 0.5) is 0 Å². The number of nitrogens with two attached hydrogens (primary N) is 1. The highest BCUT2D eigenvalue weighted by atomic mass is 15.2. The number of rotatable bonds is 4. The Morgan fingerprint density at radius 3 is 2.57 bits per heavy atom. The summed E-state index contributed by atoms with van der Waals surface area (Å²) < 4.78 is 0. The third kappa shape index (κ3) is 5.92. The van der Waals surface area contributed by atoms with Crippen molar-refractivity contribution in [1.29, 1.82) is 0 Å². The molecule has 0 saturated carbocycles. The van der Waals surface area contributed by atoms with Crippen molar-refractivity contribution in [2.24, 2.45) is 5.84 Å². The van der Waals surface area contributed by atoms with E-state index in [1.165, 1.54) is 19.3 Å². The molecule has 7 heavy (non-hydrogen) atoms. The minimum atomic E-state index is 0.952. The van der Waals surface area contributed by atoms with E-state index in [1.54, 1.807) is 0 Å². The van der Waals surface area contributed by atoms with E-state index in [1.807, 2.05) is 0 Å². The van der Waals surface area contributed by atoms with Gasteiger partial charge in [-0.3, -0.25) is 11.3 Å². The average Bonchev–Trinajstić information content (AvgIpc) is 1.69. The van der Waals surface area contributed by atoms with Gasteiger partial charge in [-0.2, -0.15) is 0 Å². The molecule has 2 nitrogen and oxygen atoms in total. The summed E-state index contributed by atoms with van der Waals surface area (Å²) in [5.74, 6) is 5.02. The van der Waals surface area contributed by atoms with Crippen molar-refractivity contribution in [2.45, 2.75) is 26.2 Å². The molecule has 0 fully saturated rings. The second-order valence-corrected chi connectivity index (χ2v) is 1.66. The van der Waals surface area contributed by atoms with Gasteiger partial charge in [0.1, 0.15) is 0 Å². The lowest BCUT2D eigenvalue weighted by Crippen LogP contribution is -2.22. The normalized spacial score (nSPS) is 9.43. The minimum Gasteiger partial charge on any atom is -0.271 e. The number of hydrazine groups is 1. The summed E-state index contributed by atoms with van der Waals surface area (Å²) in [6, 6.07) is 0. The molecule has 2 heteroatoms. The standard InChI is InChI=1S/C5H14N2/c1-2-3-4-5-7-6/h7H,2-6H2,1H3. The van der Waals surface area contributed by atoms with Gasteiger partial charge in [0.2, 0.25) is 0 Å². The van der Waals surface area contributed by atoms with Crippen molar-refractivity contribution in [3.63, 3.8) is 0 Å². The first kappa shape index (κ1) is 6.92. The number of nitrogens with one attached hydrogen (secondary N) is 1. The van der Waals surface area contributed by atoms with Crippen LogP contribution in [0.3, 0.4) is 0 Å². The second-order valence-electron chi connectivity index (χ2n) is 1.66. The fraction of sp³-hybridized carbons (Fsp3) is 1.00. The van der Waals surface area contributed by atoms with E-state index in [2.05, 4.69) is 12.3 Å². The van der Waals surface area contributed by atoms with Gasteiger partial charge in [-0.15, -0.1) is 0 Å². The smallest absolute Gasteiger partial charge is 0.00974 e. The van der Waals surface area contributed by atoms with Crippen molar-refractivity contribution >= 4 is 0 Å². The van der Waals surface area contributed by atoms with Gasteiger partial charge < -0.3 is 0 Å². The molecule has 0 spiro atoms. The van der Waals surface area contributed by atoms with E-state index in [0.29, 0.717) is 0 Å². The molecule has 0 radical (unpaired) electrons. The lowest BCUT2D eigenvalue weighted by atomic mass is 10.3. The zero-order valence-corrected chi connectivity index (χ0v) is 4.91. The van der Waals surface area contributed by atoms with Crippen LogP contribution in [0.25, 0.3) is 0 Å². The predicted molar refractivity (Wildman–Crippen MR) is 31.7 cm³/mol. The maximum absolute atomic E-state index is 5.02. The van der Waals surface area contributed by atoms with E-state index in [9.17, 15) is 0 Å². The van der Waals surface area contributed by atoms with E-state index in [0.717, 1.165) is 6.54 Å². The Morgan fingerprint density at radius 2 is 2.14 bits per heavy atom. The first-order valence-corrected chi connectivity index (χ1v) is 2.85. The van der Waals surface area contributed by atoms with Gasteiger partial charge in [-0.1, -0.05) is 19.8 Å². The van der Waals surface area contributed by atoms with Gasteiger partial charge in [0.05, 0.1) is 0 Å². The molecule has 3 N–H and O–H groups in total. The zero-order valence-electron chi connectivity index (χ0n) is 4.91. The summed E-state index contributed by atoms with van der Waals surface area (Å²) in [6.45, 7) is 3.13. The van der Waals surface area contributed by atoms with Gasteiger partial charge >= 0.3 is 0 Å². The molecule has 0 heterocycles. The Morgan fingerprint density at radius 1 is 1.43 bits per heavy atom. The highest BCUT2D eigenvalue weighted by Crippen LogP contribution is 1.89. The van der Waals surface area contributed by atoms with E-state index < -0.39 is 0 Å². The van der Waals surface area contributed by atoms with Crippen molar-refractivity contribution in [2.75, 3.05) is 6.54 Å². The molecule has 0 aromatic carbocycles. The Balaban J connectivity index is 2.45. The Labute approximate surface area is 45.1 Å². The van der Waals surface area contributed by atoms with Crippen molar-refractivity contribution < 1.29 is 0 Å². The third-order valence-corrected chi connectivity index (χ3v) is 0.925. The molecule has 0 rings (SSSR count). The third-order valence-electron chi connectivity index (χ3n) is 0.925. The van der Waals surface area contributed by atoms with E-state index in [4.69, 9.17) is 5.84 Å². The maximum Gasteiger partial charge on any atom is 0.00974 e. The van der Waals surface area contributed by atoms with Gasteiger partial charge in [0, 0.05) is 6.54 Å². The molecule has 0 aromatic rings. The predicted octanol–water partition coefficient (Wildman–Crippen LogP) is 0.640. The van der Waals surface area contributed by atoms with Gasteiger partial charge in [0.15, 0.2) is 0 Å². The summed E-state index contributed by atoms with van der Waals surface area (Å²) in [7, 11) is 0. The van der Waals surface area contributed by atoms with Crippen LogP contribution in [0.5, 0.6) is 0 Å². The second kappa shape index (κ2) is 5.92. The fourth-order valence-corrected chi connectivity index (χ4v) is 0.477. The number of hydrogen-bond donors (Lipinski definition) is 2. The molecule has 0 saturated heterocycles. The monoisotopic (exact) mass is 102 g/mol. The lowest BCUT2D eigenvalue weighted by Gasteiger charge is -1.93. The van der Waals surface area contributed by atoms with Crippen LogP contribution in [0.15, 0.2) is 0 Å². The van der Waals surface area contributed by atoms with E-state index in [-0.39, 0.29) is 0 Å². The number of unbranched alkanes of at least 4 members (excludes halogenated alkanes) is 2. The number of hydrogen-bond acceptors (Lipinski definition) is 2. The topological polar surface area (TPSA) is 38.0 Å². The molecular weight excluding hydrogens is 88.1 g/mol. The minimum absolute atomic E-state index is 0.952. The molecule has 0 bridgehead atoms. The summed E-state index contributed by atoms with van der Waals surface area (Å²) in [5, 5.41) is 0. The molecule has 0 aliphatic carbocycles. The largest absolute Gasteiger partial charge is 0.271 e. The quantitative estimate of drug-likeness (QED) is 0.310. The van der Waals surface area contributed by atoms with Gasteiger partial charge in [-0.25, -0.2) is 0 Å². The average molecular weight is 102 g/mol. The van der Waals surface area contributed by atoms with E-state index >= 15 is 0 Å². The highest BCUT2D eigenvalue weighted by molar-refractivity contribution is 4.37. The van der Waals surface area contributed by atoms with Crippen LogP contribution in [-0.4, -0.2) is 6.54 Å². The Bertz CT molecular complexity index is 25.3. The zero-order chi connectivity index (χ0) is 5.54. The lowest BCUT2D eigenvalue weighted by molar-refractivity contribution is 0.637. The first-order chi connectivity index (χ1) is 3.41. The highest BCUT2D eigenvalue weighted by Gasteiger charge is 1.79. The van der Waals surface area contributed by atoms with Crippen molar-refractivity contribution in [1.82, 2.24) is 5.43 Å². The van der Waals surface area contributed by atoms with Crippen LogP contribution in [0.2, 0.25) is 0 Å². The molecule has 0 unspecified atom stereocenters. The molecular formula is C5H14N2. The summed E-state index contributed by atoms with van der Waals surface area (Å²) >= 11 is 0.